The Morgan fingerprint density at radius 3 is 2.20 bits per heavy atom. The van der Waals surface area contributed by atoms with Gasteiger partial charge in [-0.15, -0.1) is 24.0 Å². The summed E-state index contributed by atoms with van der Waals surface area (Å²) >= 11 is 0. The first kappa shape index (κ1) is 20.0. The zero-order chi connectivity index (χ0) is 13.9. The highest BCUT2D eigenvalue weighted by atomic mass is 127. The van der Waals surface area contributed by atoms with Crippen LogP contribution in [-0.4, -0.2) is 55.0 Å². The molecular weight excluding hydrogens is 363 g/mol. The minimum absolute atomic E-state index is 0. The maximum Gasteiger partial charge on any atom is 0.191 e. The predicted molar refractivity (Wildman–Crippen MR) is 99.0 cm³/mol. The minimum Gasteiger partial charge on any atom is -0.370 e. The Kier molecular flexibility index (Phi) is 12.7. The number of aliphatic imine (C=N–C) groups is 1. The number of hydrogen-bond donors (Lipinski definition) is 1. The monoisotopic (exact) mass is 396 g/mol. The summed E-state index contributed by atoms with van der Waals surface area (Å²) in [5.41, 5.74) is 6.08. The van der Waals surface area contributed by atoms with Gasteiger partial charge in [0, 0.05) is 19.6 Å². The van der Waals surface area contributed by atoms with Gasteiger partial charge in [-0.2, -0.15) is 0 Å². The molecule has 1 aliphatic heterocycles. The first-order valence-electron chi connectivity index (χ1n) is 8.05. The Morgan fingerprint density at radius 2 is 1.65 bits per heavy atom. The van der Waals surface area contributed by atoms with Crippen molar-refractivity contribution in [2.45, 2.75) is 52.4 Å². The summed E-state index contributed by atoms with van der Waals surface area (Å²) in [7, 11) is 0. The maximum atomic E-state index is 6.08. The lowest BCUT2D eigenvalue weighted by Crippen LogP contribution is -2.38. The summed E-state index contributed by atoms with van der Waals surface area (Å²) in [4.78, 5) is 9.26. The fourth-order valence-corrected chi connectivity index (χ4v) is 2.58. The van der Waals surface area contributed by atoms with Gasteiger partial charge in [0.2, 0.25) is 0 Å². The van der Waals surface area contributed by atoms with Crippen LogP contribution in [0.15, 0.2) is 4.99 Å². The number of nitrogens with two attached hydrogens (primary N) is 1. The Bertz CT molecular complexity index is 246. The van der Waals surface area contributed by atoms with Crippen LogP contribution in [0.25, 0.3) is 0 Å². The Morgan fingerprint density at radius 1 is 1.05 bits per heavy atom. The Labute approximate surface area is 142 Å². The third kappa shape index (κ3) is 8.29. The highest BCUT2D eigenvalue weighted by Gasteiger charge is 2.10. The summed E-state index contributed by atoms with van der Waals surface area (Å²) in [5, 5.41) is 0. The topological polar surface area (TPSA) is 44.9 Å². The van der Waals surface area contributed by atoms with E-state index in [4.69, 9.17) is 5.73 Å². The summed E-state index contributed by atoms with van der Waals surface area (Å²) in [6.07, 6.45) is 7.57. The second kappa shape index (κ2) is 12.7. The van der Waals surface area contributed by atoms with E-state index in [-0.39, 0.29) is 24.0 Å². The molecule has 5 heteroatoms. The van der Waals surface area contributed by atoms with Gasteiger partial charge in [0.25, 0.3) is 0 Å². The number of likely N-dealkylation sites (tertiary alicyclic amines) is 1. The largest absolute Gasteiger partial charge is 0.370 e. The zero-order valence-corrected chi connectivity index (χ0v) is 15.6. The Hall–Kier alpha value is -0.0400. The van der Waals surface area contributed by atoms with Crippen LogP contribution in [0.5, 0.6) is 0 Å². The number of guanidine groups is 1. The summed E-state index contributed by atoms with van der Waals surface area (Å²) in [6.45, 7) is 11.0. The molecule has 0 bridgehead atoms. The second-order valence-corrected chi connectivity index (χ2v) is 5.38. The molecule has 0 unspecified atom stereocenters. The van der Waals surface area contributed by atoms with Crippen molar-refractivity contribution in [2.75, 3.05) is 39.3 Å². The van der Waals surface area contributed by atoms with E-state index >= 15 is 0 Å². The second-order valence-electron chi connectivity index (χ2n) is 5.38. The average molecular weight is 396 g/mol. The number of unbranched alkanes of at least 4 members (excludes halogenated alkanes) is 1. The van der Waals surface area contributed by atoms with Crippen LogP contribution < -0.4 is 5.73 Å². The summed E-state index contributed by atoms with van der Waals surface area (Å²) in [5.74, 6) is 0.768. The molecule has 0 amide bonds. The summed E-state index contributed by atoms with van der Waals surface area (Å²) in [6, 6.07) is 0. The fourth-order valence-electron chi connectivity index (χ4n) is 2.58. The van der Waals surface area contributed by atoms with Crippen molar-refractivity contribution in [2.24, 2.45) is 10.7 Å². The van der Waals surface area contributed by atoms with Crippen molar-refractivity contribution in [1.29, 1.82) is 0 Å². The van der Waals surface area contributed by atoms with Crippen LogP contribution in [0.1, 0.15) is 52.4 Å². The fraction of sp³-hybridized carbons (Fsp3) is 0.933. The van der Waals surface area contributed by atoms with E-state index in [1.807, 2.05) is 0 Å². The highest BCUT2D eigenvalue weighted by Crippen LogP contribution is 2.09. The van der Waals surface area contributed by atoms with Crippen LogP contribution in [-0.2, 0) is 0 Å². The molecule has 0 aromatic carbocycles. The maximum absolute atomic E-state index is 6.08. The number of nitrogens with zero attached hydrogens (tertiary/aromatic N) is 3. The van der Waals surface area contributed by atoms with E-state index in [9.17, 15) is 0 Å². The smallest absolute Gasteiger partial charge is 0.191 e. The van der Waals surface area contributed by atoms with Crippen LogP contribution >= 0.6 is 24.0 Å². The van der Waals surface area contributed by atoms with Gasteiger partial charge in [-0.1, -0.05) is 26.7 Å². The molecule has 120 valence electrons. The van der Waals surface area contributed by atoms with E-state index < -0.39 is 0 Å². The van der Waals surface area contributed by atoms with E-state index in [1.54, 1.807) is 0 Å². The molecule has 1 fully saturated rings. The number of halogens is 1. The molecule has 1 saturated heterocycles. The molecule has 1 heterocycles. The molecule has 0 atom stereocenters. The van der Waals surface area contributed by atoms with Crippen LogP contribution in [0.4, 0.5) is 0 Å². The first-order chi connectivity index (χ1) is 9.27. The molecule has 0 aromatic rings. The van der Waals surface area contributed by atoms with Crippen molar-refractivity contribution >= 4 is 29.9 Å². The van der Waals surface area contributed by atoms with Crippen molar-refractivity contribution < 1.29 is 0 Å². The summed E-state index contributed by atoms with van der Waals surface area (Å²) < 4.78 is 0. The molecule has 4 nitrogen and oxygen atoms in total. The molecular formula is C15H33IN4. The van der Waals surface area contributed by atoms with E-state index in [1.165, 1.54) is 38.6 Å². The third-order valence-electron chi connectivity index (χ3n) is 3.98. The van der Waals surface area contributed by atoms with E-state index in [2.05, 4.69) is 28.6 Å². The molecule has 0 aromatic heterocycles. The van der Waals surface area contributed by atoms with Crippen LogP contribution in [0.3, 0.4) is 0 Å². The lowest BCUT2D eigenvalue weighted by Gasteiger charge is -2.21. The SMILES string of the molecule is CCN(CC)CCCCN=C(N)N1CCCCCC1.I. The van der Waals surface area contributed by atoms with Crippen LogP contribution in [0.2, 0.25) is 0 Å². The molecule has 0 aliphatic carbocycles. The van der Waals surface area contributed by atoms with Gasteiger partial charge in [-0.3, -0.25) is 4.99 Å². The van der Waals surface area contributed by atoms with Gasteiger partial charge in [-0.25, -0.2) is 0 Å². The zero-order valence-electron chi connectivity index (χ0n) is 13.3. The number of rotatable bonds is 7. The number of hydrogen-bond acceptors (Lipinski definition) is 2. The molecule has 20 heavy (non-hydrogen) atoms. The lowest BCUT2D eigenvalue weighted by molar-refractivity contribution is 0.297. The predicted octanol–water partition coefficient (Wildman–Crippen LogP) is 2.92. The van der Waals surface area contributed by atoms with Gasteiger partial charge in [-0.05, 0) is 45.3 Å². The normalized spacial score (nSPS) is 16.9. The highest BCUT2D eigenvalue weighted by molar-refractivity contribution is 14.0. The van der Waals surface area contributed by atoms with Crippen LogP contribution in [0, 0.1) is 0 Å². The van der Waals surface area contributed by atoms with Gasteiger partial charge in [0.05, 0.1) is 0 Å². The molecule has 1 aliphatic rings. The molecule has 2 N–H and O–H groups in total. The third-order valence-corrected chi connectivity index (χ3v) is 3.98. The van der Waals surface area contributed by atoms with Crippen molar-refractivity contribution in [3.8, 4) is 0 Å². The molecule has 1 rings (SSSR count). The molecule has 0 spiro atoms. The molecule has 0 saturated carbocycles. The quantitative estimate of drug-likeness (QED) is 0.312. The Balaban J connectivity index is 0.00000361. The van der Waals surface area contributed by atoms with Crippen molar-refractivity contribution in [3.05, 3.63) is 0 Å². The van der Waals surface area contributed by atoms with E-state index in [0.29, 0.717) is 0 Å². The van der Waals surface area contributed by atoms with Gasteiger partial charge in [0.15, 0.2) is 5.96 Å². The molecule has 0 radical (unpaired) electrons. The van der Waals surface area contributed by atoms with Crippen molar-refractivity contribution in [3.63, 3.8) is 0 Å². The van der Waals surface area contributed by atoms with Gasteiger partial charge < -0.3 is 15.5 Å². The average Bonchev–Trinajstić information content (AvgIpc) is 2.71. The minimum atomic E-state index is 0. The van der Waals surface area contributed by atoms with Gasteiger partial charge >= 0.3 is 0 Å². The first-order valence-corrected chi connectivity index (χ1v) is 8.05. The van der Waals surface area contributed by atoms with Crippen molar-refractivity contribution in [1.82, 2.24) is 9.80 Å². The van der Waals surface area contributed by atoms with E-state index in [0.717, 1.165) is 45.1 Å². The lowest BCUT2D eigenvalue weighted by atomic mass is 10.2. The van der Waals surface area contributed by atoms with Gasteiger partial charge in [0.1, 0.15) is 0 Å². The standard InChI is InChI=1S/C15H32N4.HI/c1-3-18(4-2)12-10-7-11-17-15(16)19-13-8-5-6-9-14-19;/h3-14H2,1-2H3,(H2,16,17);1H.